The number of phenolic OH excluding ortho intramolecular Hbond substituents is 1. The van der Waals surface area contributed by atoms with Crippen LogP contribution in [0.5, 0.6) is 5.75 Å². The summed E-state index contributed by atoms with van der Waals surface area (Å²) in [5, 5.41) is 15.3. The average molecular weight is 234 g/mol. The number of benzene rings is 1. The summed E-state index contributed by atoms with van der Waals surface area (Å²) in [5.74, 6) is 0.840. The number of rotatable bonds is 4. The molecule has 92 valence electrons. The second-order valence-corrected chi connectivity index (χ2v) is 4.51. The van der Waals surface area contributed by atoms with E-state index < -0.39 is 0 Å². The van der Waals surface area contributed by atoms with Crippen LogP contribution in [0.25, 0.3) is 0 Å². The van der Waals surface area contributed by atoms with Crippen molar-refractivity contribution in [3.05, 3.63) is 29.8 Å². The van der Waals surface area contributed by atoms with Crippen molar-refractivity contribution in [1.29, 1.82) is 0 Å². The summed E-state index contributed by atoms with van der Waals surface area (Å²) in [6.45, 7) is 2.81. The fourth-order valence-electron chi connectivity index (χ4n) is 2.01. The van der Waals surface area contributed by atoms with Gasteiger partial charge in [0, 0.05) is 6.54 Å². The van der Waals surface area contributed by atoms with E-state index in [9.17, 15) is 4.79 Å². The molecule has 1 atom stereocenters. The third-order valence-corrected chi connectivity index (χ3v) is 3.05. The summed E-state index contributed by atoms with van der Waals surface area (Å²) in [6, 6.07) is 6.74. The molecular formula is C13H18N2O2. The molecule has 1 aliphatic heterocycles. The molecule has 1 amide bonds. The highest BCUT2D eigenvalue weighted by Crippen LogP contribution is 2.10. The normalized spacial score (nSPS) is 19.2. The van der Waals surface area contributed by atoms with Crippen LogP contribution in [0.1, 0.15) is 12.0 Å². The first-order chi connectivity index (χ1) is 8.24. The molecule has 1 aromatic rings. The Morgan fingerprint density at radius 1 is 1.41 bits per heavy atom. The minimum Gasteiger partial charge on any atom is -0.508 e. The molecule has 1 aromatic carbocycles. The number of hydrogen-bond acceptors (Lipinski definition) is 3. The first kappa shape index (κ1) is 11.9. The molecule has 1 saturated heterocycles. The summed E-state index contributed by atoms with van der Waals surface area (Å²) < 4.78 is 0. The zero-order valence-corrected chi connectivity index (χ0v) is 9.78. The average Bonchev–Trinajstić information content (AvgIpc) is 2.83. The fourth-order valence-corrected chi connectivity index (χ4v) is 2.01. The van der Waals surface area contributed by atoms with Gasteiger partial charge < -0.3 is 15.7 Å². The second kappa shape index (κ2) is 5.68. The minimum absolute atomic E-state index is 0.0441. The predicted molar refractivity (Wildman–Crippen MR) is 65.8 cm³/mol. The zero-order chi connectivity index (χ0) is 12.1. The Hall–Kier alpha value is -1.55. The van der Waals surface area contributed by atoms with Gasteiger partial charge in [0.25, 0.3) is 0 Å². The van der Waals surface area contributed by atoms with E-state index in [1.54, 1.807) is 24.3 Å². The van der Waals surface area contributed by atoms with E-state index in [4.69, 9.17) is 5.11 Å². The zero-order valence-electron chi connectivity index (χ0n) is 9.78. The molecule has 1 unspecified atom stereocenters. The monoisotopic (exact) mass is 234 g/mol. The molecule has 0 radical (unpaired) electrons. The maximum absolute atomic E-state index is 11.7. The third-order valence-electron chi connectivity index (χ3n) is 3.05. The standard InChI is InChI=1S/C13H18N2O2/c16-12-3-1-10(2-4-12)7-13(17)15-9-11-5-6-14-8-11/h1-4,11,14,16H,5-9H2,(H,15,17). The molecule has 4 nitrogen and oxygen atoms in total. The van der Waals surface area contributed by atoms with E-state index in [1.165, 1.54) is 0 Å². The lowest BCUT2D eigenvalue weighted by Gasteiger charge is -2.10. The molecule has 1 aliphatic rings. The Bertz CT molecular complexity index is 370. The van der Waals surface area contributed by atoms with E-state index in [-0.39, 0.29) is 11.7 Å². The number of carbonyl (C=O) groups excluding carboxylic acids is 1. The summed E-state index contributed by atoms with van der Waals surface area (Å²) in [6.07, 6.45) is 1.51. The number of carbonyl (C=O) groups is 1. The fraction of sp³-hybridized carbons (Fsp3) is 0.462. The van der Waals surface area contributed by atoms with Gasteiger partial charge in [0.15, 0.2) is 0 Å². The van der Waals surface area contributed by atoms with Crippen molar-refractivity contribution in [2.24, 2.45) is 5.92 Å². The molecule has 0 spiro atoms. The SMILES string of the molecule is O=C(Cc1ccc(O)cc1)NCC1CCNC1. The lowest BCUT2D eigenvalue weighted by Crippen LogP contribution is -2.31. The van der Waals surface area contributed by atoms with Gasteiger partial charge in [-0.3, -0.25) is 4.79 Å². The van der Waals surface area contributed by atoms with Crippen LogP contribution in [-0.2, 0) is 11.2 Å². The predicted octanol–water partition coefficient (Wildman–Crippen LogP) is 0.660. The van der Waals surface area contributed by atoms with Crippen LogP contribution in [0, 0.1) is 5.92 Å². The number of phenols is 1. The van der Waals surface area contributed by atoms with Gasteiger partial charge in [-0.25, -0.2) is 0 Å². The summed E-state index contributed by atoms with van der Waals surface area (Å²) >= 11 is 0. The largest absolute Gasteiger partial charge is 0.508 e. The molecule has 0 aliphatic carbocycles. The van der Waals surface area contributed by atoms with Gasteiger partial charge in [0.05, 0.1) is 6.42 Å². The molecular weight excluding hydrogens is 216 g/mol. The molecule has 0 bridgehead atoms. The highest BCUT2D eigenvalue weighted by Gasteiger charge is 2.15. The van der Waals surface area contributed by atoms with Crippen LogP contribution in [0.3, 0.4) is 0 Å². The molecule has 2 rings (SSSR count). The van der Waals surface area contributed by atoms with Crippen LogP contribution < -0.4 is 10.6 Å². The van der Waals surface area contributed by atoms with Gasteiger partial charge in [0.2, 0.25) is 5.91 Å². The van der Waals surface area contributed by atoms with Crippen LogP contribution in [0.15, 0.2) is 24.3 Å². The summed E-state index contributed by atoms with van der Waals surface area (Å²) in [5.41, 5.74) is 0.921. The Morgan fingerprint density at radius 3 is 2.82 bits per heavy atom. The lowest BCUT2D eigenvalue weighted by molar-refractivity contribution is -0.120. The van der Waals surface area contributed by atoms with Gasteiger partial charge >= 0.3 is 0 Å². The lowest BCUT2D eigenvalue weighted by atomic mass is 10.1. The summed E-state index contributed by atoms with van der Waals surface area (Å²) in [4.78, 5) is 11.7. The van der Waals surface area contributed by atoms with Crippen molar-refractivity contribution < 1.29 is 9.90 Å². The molecule has 0 aromatic heterocycles. The van der Waals surface area contributed by atoms with Crippen LogP contribution in [0.4, 0.5) is 0 Å². The van der Waals surface area contributed by atoms with Gasteiger partial charge in [-0.2, -0.15) is 0 Å². The van der Waals surface area contributed by atoms with Crippen molar-refractivity contribution in [1.82, 2.24) is 10.6 Å². The van der Waals surface area contributed by atoms with Crippen molar-refractivity contribution in [2.75, 3.05) is 19.6 Å². The first-order valence-corrected chi connectivity index (χ1v) is 5.99. The Kier molecular flexibility index (Phi) is 3.98. The van der Waals surface area contributed by atoms with Crippen LogP contribution in [0.2, 0.25) is 0 Å². The quantitative estimate of drug-likeness (QED) is 0.717. The molecule has 4 heteroatoms. The van der Waals surface area contributed by atoms with Crippen molar-refractivity contribution in [2.45, 2.75) is 12.8 Å². The molecule has 3 N–H and O–H groups in total. The molecule has 0 saturated carbocycles. The van der Waals surface area contributed by atoms with E-state index in [2.05, 4.69) is 10.6 Å². The van der Waals surface area contributed by atoms with Crippen LogP contribution >= 0.6 is 0 Å². The number of aromatic hydroxyl groups is 1. The van der Waals surface area contributed by atoms with E-state index >= 15 is 0 Å². The maximum Gasteiger partial charge on any atom is 0.224 e. The van der Waals surface area contributed by atoms with Crippen molar-refractivity contribution in [3.63, 3.8) is 0 Å². The Morgan fingerprint density at radius 2 is 2.18 bits per heavy atom. The van der Waals surface area contributed by atoms with E-state index in [0.717, 1.165) is 31.6 Å². The first-order valence-electron chi connectivity index (χ1n) is 5.99. The van der Waals surface area contributed by atoms with Gasteiger partial charge in [0.1, 0.15) is 5.75 Å². The number of nitrogens with one attached hydrogen (secondary N) is 2. The van der Waals surface area contributed by atoms with Crippen molar-refractivity contribution in [3.8, 4) is 5.75 Å². The number of amides is 1. The van der Waals surface area contributed by atoms with Crippen LogP contribution in [-0.4, -0.2) is 30.6 Å². The van der Waals surface area contributed by atoms with Gasteiger partial charge in [-0.1, -0.05) is 12.1 Å². The van der Waals surface area contributed by atoms with Crippen molar-refractivity contribution >= 4 is 5.91 Å². The summed E-state index contributed by atoms with van der Waals surface area (Å²) in [7, 11) is 0. The maximum atomic E-state index is 11.7. The minimum atomic E-state index is 0.0441. The molecule has 17 heavy (non-hydrogen) atoms. The highest BCUT2D eigenvalue weighted by molar-refractivity contribution is 5.78. The molecule has 1 heterocycles. The third kappa shape index (κ3) is 3.75. The topological polar surface area (TPSA) is 61.4 Å². The second-order valence-electron chi connectivity index (χ2n) is 4.51. The highest BCUT2D eigenvalue weighted by atomic mass is 16.3. The van der Waals surface area contributed by atoms with Gasteiger partial charge in [-0.05, 0) is 43.1 Å². The van der Waals surface area contributed by atoms with E-state index in [1.807, 2.05) is 0 Å². The van der Waals surface area contributed by atoms with Gasteiger partial charge in [-0.15, -0.1) is 0 Å². The Labute approximate surface area is 101 Å². The smallest absolute Gasteiger partial charge is 0.224 e. The number of hydrogen-bond donors (Lipinski definition) is 3. The van der Waals surface area contributed by atoms with E-state index in [0.29, 0.717) is 12.3 Å². The Balaban J connectivity index is 1.74. The molecule has 1 fully saturated rings.